The third-order valence-electron chi connectivity index (χ3n) is 5.23. The third kappa shape index (κ3) is 7.30. The Kier molecular flexibility index (Phi) is 8.46. The summed E-state index contributed by atoms with van der Waals surface area (Å²) < 4.78 is 15.8. The summed E-state index contributed by atoms with van der Waals surface area (Å²) in [6.45, 7) is 5.01. The van der Waals surface area contributed by atoms with E-state index in [0.29, 0.717) is 0 Å². The molecule has 9 nitrogen and oxygen atoms in total. The van der Waals surface area contributed by atoms with Crippen molar-refractivity contribution in [2.75, 3.05) is 0 Å². The second-order valence-electron chi connectivity index (χ2n) is 9.10. The fraction of sp³-hybridized carbons (Fsp3) is 0.385. The average Bonchev–Trinajstić information content (AvgIpc) is 2.83. The second kappa shape index (κ2) is 11.5. The molecule has 0 aliphatic heterocycles. The quantitative estimate of drug-likeness (QED) is 0.180. The Morgan fingerprint density at radius 2 is 1.20 bits per heavy atom. The maximum absolute atomic E-state index is 12.6. The van der Waals surface area contributed by atoms with Gasteiger partial charge in [0.2, 0.25) is 0 Å². The molecule has 9 heteroatoms. The van der Waals surface area contributed by atoms with Gasteiger partial charge in [0.05, 0.1) is 5.41 Å². The number of benzene rings is 2. The van der Waals surface area contributed by atoms with Gasteiger partial charge in [0, 0.05) is 0 Å². The molecule has 3 rings (SSSR count). The predicted octanol–water partition coefficient (Wildman–Crippen LogP) is 5.42. The van der Waals surface area contributed by atoms with Gasteiger partial charge in [-0.05, 0) is 70.7 Å². The van der Waals surface area contributed by atoms with Crippen LogP contribution >= 0.6 is 0 Å². The molecule has 0 N–H and O–H groups in total. The number of para-hydroxylation sites is 2. The van der Waals surface area contributed by atoms with Gasteiger partial charge in [-0.3, -0.25) is 4.79 Å². The van der Waals surface area contributed by atoms with Crippen LogP contribution < -0.4 is 9.47 Å². The molecule has 0 spiro atoms. The highest BCUT2D eigenvalue weighted by Gasteiger charge is 2.27. The molecule has 1 aliphatic rings. The normalized spacial score (nSPS) is 13.9. The second-order valence-corrected chi connectivity index (χ2v) is 9.10. The van der Waals surface area contributed by atoms with Gasteiger partial charge >= 0.3 is 24.1 Å². The van der Waals surface area contributed by atoms with Crippen LogP contribution in [0, 0.1) is 5.41 Å². The van der Waals surface area contributed by atoms with Crippen molar-refractivity contribution in [3.63, 3.8) is 0 Å². The van der Waals surface area contributed by atoms with Crippen molar-refractivity contribution in [3.8, 4) is 11.5 Å². The first-order valence-electron chi connectivity index (χ1n) is 11.4. The highest BCUT2D eigenvalue weighted by atomic mass is 17.2. The van der Waals surface area contributed by atoms with Crippen LogP contribution in [0.1, 0.15) is 73.6 Å². The molecule has 2 aromatic carbocycles. The zero-order chi connectivity index (χ0) is 25.4. The maximum atomic E-state index is 12.6. The Balaban J connectivity index is 1.63. The fourth-order valence-electron chi connectivity index (χ4n) is 3.30. The Bertz CT molecular complexity index is 1080. The summed E-state index contributed by atoms with van der Waals surface area (Å²) in [5.41, 5.74) is -1.06. The molecule has 0 bridgehead atoms. The molecule has 1 fully saturated rings. The average molecular weight is 485 g/mol. The zero-order valence-electron chi connectivity index (χ0n) is 19.9. The topological polar surface area (TPSA) is 114 Å². The molecule has 0 atom stereocenters. The molecule has 0 aromatic heterocycles. The van der Waals surface area contributed by atoms with Crippen LogP contribution in [-0.2, 0) is 19.3 Å². The summed E-state index contributed by atoms with van der Waals surface area (Å²) >= 11 is 0. The van der Waals surface area contributed by atoms with E-state index in [4.69, 9.17) is 14.2 Å². The Hall–Kier alpha value is -3.88. The number of rotatable bonds is 5. The highest BCUT2D eigenvalue weighted by Crippen LogP contribution is 2.25. The lowest BCUT2D eigenvalue weighted by Gasteiger charge is -2.21. The van der Waals surface area contributed by atoms with E-state index in [1.807, 2.05) is 0 Å². The van der Waals surface area contributed by atoms with E-state index in [-0.39, 0.29) is 28.7 Å². The van der Waals surface area contributed by atoms with Crippen LogP contribution in [0.3, 0.4) is 0 Å². The first-order chi connectivity index (χ1) is 16.6. The van der Waals surface area contributed by atoms with E-state index in [9.17, 15) is 19.2 Å². The first kappa shape index (κ1) is 25.7. The van der Waals surface area contributed by atoms with Crippen molar-refractivity contribution in [3.05, 3.63) is 59.7 Å². The van der Waals surface area contributed by atoms with Gasteiger partial charge in [-0.2, -0.15) is 0 Å². The number of hydrogen-bond acceptors (Lipinski definition) is 9. The predicted molar refractivity (Wildman–Crippen MR) is 123 cm³/mol. The molecule has 1 aliphatic carbocycles. The lowest BCUT2D eigenvalue weighted by Crippen LogP contribution is -2.26. The SMILES string of the molecule is CC(C)(C)C(=O)Oc1ccccc1C(=O)OOC(=O)c1ccccc1OC(=O)OC1CCCCC1. The van der Waals surface area contributed by atoms with Crippen LogP contribution in [0.5, 0.6) is 11.5 Å². The molecule has 35 heavy (non-hydrogen) atoms. The lowest BCUT2D eigenvalue weighted by molar-refractivity contribution is -0.187. The van der Waals surface area contributed by atoms with Gasteiger partial charge in [0.15, 0.2) is 0 Å². The third-order valence-corrected chi connectivity index (χ3v) is 5.23. The molecular formula is C26H28O9. The van der Waals surface area contributed by atoms with E-state index in [0.717, 1.165) is 32.1 Å². The van der Waals surface area contributed by atoms with E-state index in [1.165, 1.54) is 36.4 Å². The first-order valence-corrected chi connectivity index (χ1v) is 11.4. The maximum Gasteiger partial charge on any atom is 0.514 e. The van der Waals surface area contributed by atoms with Crippen LogP contribution in [0.2, 0.25) is 0 Å². The minimum Gasteiger partial charge on any atom is -0.431 e. The molecule has 0 saturated heterocycles. The van der Waals surface area contributed by atoms with Crippen molar-refractivity contribution in [1.82, 2.24) is 0 Å². The fourth-order valence-corrected chi connectivity index (χ4v) is 3.30. The van der Waals surface area contributed by atoms with Crippen molar-refractivity contribution in [1.29, 1.82) is 0 Å². The molecule has 0 unspecified atom stereocenters. The smallest absolute Gasteiger partial charge is 0.431 e. The lowest BCUT2D eigenvalue weighted by atomic mass is 9.97. The highest BCUT2D eigenvalue weighted by molar-refractivity contribution is 5.96. The number of esters is 1. The van der Waals surface area contributed by atoms with Gasteiger partial charge < -0.3 is 14.2 Å². The van der Waals surface area contributed by atoms with E-state index >= 15 is 0 Å². The van der Waals surface area contributed by atoms with Crippen LogP contribution in [0.4, 0.5) is 4.79 Å². The van der Waals surface area contributed by atoms with Crippen molar-refractivity contribution >= 4 is 24.1 Å². The molecule has 1 saturated carbocycles. The Morgan fingerprint density at radius 1 is 0.714 bits per heavy atom. The summed E-state index contributed by atoms with van der Waals surface area (Å²) in [7, 11) is 0. The summed E-state index contributed by atoms with van der Waals surface area (Å²) in [6, 6.07) is 11.7. The molecule has 186 valence electrons. The van der Waals surface area contributed by atoms with Gasteiger partial charge in [-0.1, -0.05) is 30.7 Å². The minimum atomic E-state index is -1.07. The zero-order valence-corrected chi connectivity index (χ0v) is 19.9. The van der Waals surface area contributed by atoms with Gasteiger partial charge in [-0.25, -0.2) is 24.2 Å². The van der Waals surface area contributed by atoms with E-state index in [2.05, 4.69) is 9.78 Å². The number of hydrogen-bond donors (Lipinski definition) is 0. The van der Waals surface area contributed by atoms with Crippen LogP contribution in [0.15, 0.2) is 48.5 Å². The summed E-state index contributed by atoms with van der Waals surface area (Å²) in [4.78, 5) is 58.8. The van der Waals surface area contributed by atoms with Crippen molar-refractivity contribution < 1.29 is 43.2 Å². The molecule has 2 aromatic rings. The summed E-state index contributed by atoms with van der Waals surface area (Å²) in [5.74, 6) is -2.81. The summed E-state index contributed by atoms with van der Waals surface area (Å²) in [5, 5.41) is 0. The van der Waals surface area contributed by atoms with E-state index < -0.39 is 29.5 Å². The molecule has 0 radical (unpaired) electrons. The molecular weight excluding hydrogens is 456 g/mol. The standard InChI is InChI=1S/C26H28O9/c1-26(2,3)24(29)32-20-15-9-7-13-18(20)22(27)34-35-23(28)19-14-8-10-16-21(19)33-25(30)31-17-11-5-4-6-12-17/h7-10,13-17H,4-6,11-12H2,1-3H3. The number of carbonyl (C=O) groups is 4. The molecule has 0 heterocycles. The largest absolute Gasteiger partial charge is 0.514 e. The van der Waals surface area contributed by atoms with Crippen molar-refractivity contribution in [2.24, 2.45) is 5.41 Å². The monoisotopic (exact) mass is 484 g/mol. The van der Waals surface area contributed by atoms with Gasteiger partial charge in [-0.15, -0.1) is 0 Å². The van der Waals surface area contributed by atoms with Crippen molar-refractivity contribution in [2.45, 2.75) is 59.0 Å². The number of ether oxygens (including phenoxy) is 3. The summed E-state index contributed by atoms with van der Waals surface area (Å²) in [6.07, 6.45) is 3.44. The number of carbonyl (C=O) groups excluding carboxylic acids is 4. The Morgan fingerprint density at radius 3 is 1.71 bits per heavy atom. The Labute approximate surface area is 203 Å². The van der Waals surface area contributed by atoms with Crippen LogP contribution in [0.25, 0.3) is 0 Å². The van der Waals surface area contributed by atoms with Gasteiger partial charge in [0.1, 0.15) is 28.7 Å². The van der Waals surface area contributed by atoms with E-state index in [1.54, 1.807) is 32.9 Å². The van der Waals surface area contributed by atoms with Crippen LogP contribution in [-0.4, -0.2) is 30.2 Å². The van der Waals surface area contributed by atoms with Gasteiger partial charge in [0.25, 0.3) is 0 Å². The molecule has 0 amide bonds. The minimum absolute atomic E-state index is 0.0392.